The third kappa shape index (κ3) is 5.73. The zero-order chi connectivity index (χ0) is 18.2. The highest BCUT2D eigenvalue weighted by atomic mass is 16.1. The van der Waals surface area contributed by atoms with Gasteiger partial charge in [0, 0.05) is 25.6 Å². The third-order valence-corrected chi connectivity index (χ3v) is 5.19. The number of aromatic nitrogens is 2. The van der Waals surface area contributed by atoms with Gasteiger partial charge in [-0.3, -0.25) is 4.79 Å². The number of rotatable bonds is 8. The molecule has 6 nitrogen and oxygen atoms in total. The Bertz CT molecular complexity index is 757. The fourth-order valence-corrected chi connectivity index (χ4v) is 3.74. The van der Waals surface area contributed by atoms with E-state index in [1.54, 1.807) is 0 Å². The van der Waals surface area contributed by atoms with Crippen molar-refractivity contribution in [3.63, 3.8) is 0 Å². The summed E-state index contributed by atoms with van der Waals surface area (Å²) in [7, 11) is 0. The number of nitrogens with one attached hydrogen (secondary N) is 4. The number of carbonyl (C=O) groups is 1. The van der Waals surface area contributed by atoms with E-state index >= 15 is 0 Å². The van der Waals surface area contributed by atoms with Gasteiger partial charge in [0.2, 0.25) is 5.91 Å². The van der Waals surface area contributed by atoms with Crippen LogP contribution in [0.4, 0.5) is 0 Å². The van der Waals surface area contributed by atoms with Gasteiger partial charge in [0.05, 0.1) is 11.0 Å². The summed E-state index contributed by atoms with van der Waals surface area (Å²) in [5.41, 5.74) is 2.59. The second kappa shape index (κ2) is 9.57. The lowest BCUT2D eigenvalue weighted by Crippen LogP contribution is -2.36. The molecular weight excluding hydrogens is 328 g/mol. The van der Waals surface area contributed by atoms with E-state index in [4.69, 9.17) is 0 Å². The number of H-pyrrole nitrogens is 2. The molecule has 0 radical (unpaired) electrons. The zero-order valence-corrected chi connectivity index (χ0v) is 15.4. The molecule has 26 heavy (non-hydrogen) atoms. The molecule has 2 aromatic rings. The minimum Gasteiger partial charge on any atom is -0.355 e. The van der Waals surface area contributed by atoms with Gasteiger partial charge in [0.25, 0.3) is 0 Å². The molecule has 0 unspecified atom stereocenters. The fourth-order valence-electron chi connectivity index (χ4n) is 3.74. The van der Waals surface area contributed by atoms with E-state index in [1.165, 1.54) is 38.5 Å². The van der Waals surface area contributed by atoms with Crippen molar-refractivity contribution in [1.29, 1.82) is 0 Å². The van der Waals surface area contributed by atoms with Crippen LogP contribution >= 0.6 is 0 Å². The van der Waals surface area contributed by atoms with E-state index in [-0.39, 0.29) is 11.6 Å². The molecule has 0 bridgehead atoms. The molecular formula is C20H30N4O2. The lowest BCUT2D eigenvalue weighted by Gasteiger charge is -2.16. The van der Waals surface area contributed by atoms with E-state index in [1.807, 2.05) is 18.2 Å². The maximum atomic E-state index is 12.0. The Morgan fingerprint density at radius 2 is 1.81 bits per heavy atom. The summed E-state index contributed by atoms with van der Waals surface area (Å²) >= 11 is 0. The maximum Gasteiger partial charge on any atom is 0.323 e. The molecule has 0 saturated heterocycles. The van der Waals surface area contributed by atoms with Crippen molar-refractivity contribution in [3.05, 3.63) is 34.2 Å². The highest BCUT2D eigenvalue weighted by Crippen LogP contribution is 2.16. The Morgan fingerprint density at radius 1 is 1.04 bits per heavy atom. The summed E-state index contributed by atoms with van der Waals surface area (Å²) in [5, 5.41) is 6.57. The molecule has 1 aliphatic carbocycles. The molecule has 3 rings (SSSR count). The van der Waals surface area contributed by atoms with E-state index < -0.39 is 0 Å². The smallest absolute Gasteiger partial charge is 0.323 e. The minimum absolute atomic E-state index is 0.115. The summed E-state index contributed by atoms with van der Waals surface area (Å²) in [4.78, 5) is 28.7. The largest absolute Gasteiger partial charge is 0.355 e. The Kier molecular flexibility index (Phi) is 6.89. The van der Waals surface area contributed by atoms with Crippen molar-refractivity contribution in [3.8, 4) is 0 Å². The first-order valence-electron chi connectivity index (χ1n) is 9.92. The van der Waals surface area contributed by atoms with Gasteiger partial charge >= 0.3 is 5.69 Å². The molecule has 1 aromatic carbocycles. The zero-order valence-electron chi connectivity index (χ0n) is 15.4. The van der Waals surface area contributed by atoms with E-state index in [2.05, 4.69) is 20.6 Å². The van der Waals surface area contributed by atoms with Crippen LogP contribution in [0.15, 0.2) is 23.0 Å². The van der Waals surface area contributed by atoms with Crippen molar-refractivity contribution in [2.75, 3.05) is 13.1 Å². The Morgan fingerprint density at radius 3 is 2.62 bits per heavy atom. The normalized spacial score (nSPS) is 15.8. The summed E-state index contributed by atoms with van der Waals surface area (Å²) in [6, 6.07) is 6.51. The maximum absolute atomic E-state index is 12.0. The van der Waals surface area contributed by atoms with Crippen LogP contribution < -0.4 is 16.3 Å². The van der Waals surface area contributed by atoms with Gasteiger partial charge in [-0.05, 0) is 43.4 Å². The number of fused-ring (bicyclic) bond motifs is 1. The van der Waals surface area contributed by atoms with Gasteiger partial charge in [-0.2, -0.15) is 0 Å². The number of benzene rings is 1. The first-order chi connectivity index (χ1) is 12.7. The molecule has 1 aliphatic rings. The minimum atomic E-state index is -0.186. The molecule has 1 fully saturated rings. The highest BCUT2D eigenvalue weighted by Gasteiger charge is 2.11. The number of hydrogen-bond donors (Lipinski definition) is 4. The number of amides is 1. The topological polar surface area (TPSA) is 89.8 Å². The second-order valence-corrected chi connectivity index (χ2v) is 7.31. The summed E-state index contributed by atoms with van der Waals surface area (Å²) < 4.78 is 0. The van der Waals surface area contributed by atoms with Crippen molar-refractivity contribution >= 4 is 16.9 Å². The molecule has 0 atom stereocenters. The van der Waals surface area contributed by atoms with E-state index in [9.17, 15) is 9.59 Å². The molecule has 0 aliphatic heterocycles. The van der Waals surface area contributed by atoms with Crippen molar-refractivity contribution in [2.45, 2.75) is 63.8 Å². The van der Waals surface area contributed by atoms with Gasteiger partial charge in [-0.25, -0.2) is 4.79 Å². The molecule has 1 amide bonds. The number of carbonyl (C=O) groups excluding carboxylic acids is 1. The molecule has 6 heteroatoms. The fraction of sp³-hybridized carbons (Fsp3) is 0.600. The van der Waals surface area contributed by atoms with Gasteiger partial charge in [0.15, 0.2) is 0 Å². The quantitative estimate of drug-likeness (QED) is 0.432. The average molecular weight is 358 g/mol. The van der Waals surface area contributed by atoms with E-state index in [0.29, 0.717) is 19.0 Å². The van der Waals surface area contributed by atoms with Crippen LogP contribution in [-0.2, 0) is 11.2 Å². The van der Waals surface area contributed by atoms with Gasteiger partial charge < -0.3 is 20.6 Å². The molecule has 1 saturated carbocycles. The van der Waals surface area contributed by atoms with Gasteiger partial charge in [-0.15, -0.1) is 0 Å². The second-order valence-electron chi connectivity index (χ2n) is 7.31. The van der Waals surface area contributed by atoms with E-state index in [0.717, 1.165) is 36.0 Å². The van der Waals surface area contributed by atoms with Crippen LogP contribution in [0, 0.1) is 0 Å². The van der Waals surface area contributed by atoms with Crippen LogP contribution in [0.25, 0.3) is 11.0 Å². The van der Waals surface area contributed by atoms with Crippen LogP contribution in [0.3, 0.4) is 0 Å². The first-order valence-corrected chi connectivity index (χ1v) is 9.92. The Labute approximate surface area is 154 Å². The average Bonchev–Trinajstić information content (AvgIpc) is 2.81. The molecule has 0 spiro atoms. The monoisotopic (exact) mass is 358 g/mol. The summed E-state index contributed by atoms with van der Waals surface area (Å²) in [5.74, 6) is 0.115. The Balaban J connectivity index is 1.30. The predicted molar refractivity (Wildman–Crippen MR) is 104 cm³/mol. The molecule has 1 aromatic heterocycles. The van der Waals surface area contributed by atoms with Crippen molar-refractivity contribution in [2.24, 2.45) is 0 Å². The van der Waals surface area contributed by atoms with Crippen LogP contribution in [-0.4, -0.2) is 35.0 Å². The molecule has 4 N–H and O–H groups in total. The summed E-state index contributed by atoms with van der Waals surface area (Å²) in [6.45, 7) is 1.56. The van der Waals surface area contributed by atoms with Crippen LogP contribution in [0.5, 0.6) is 0 Å². The third-order valence-electron chi connectivity index (χ3n) is 5.19. The SMILES string of the molecule is O=C(CCCc1ccc2[nH]c(=O)[nH]c2c1)NCCNC1CCCCCC1. The lowest BCUT2D eigenvalue weighted by atomic mass is 10.1. The summed E-state index contributed by atoms with van der Waals surface area (Å²) in [6.07, 6.45) is 10.1. The number of hydrogen-bond acceptors (Lipinski definition) is 3. The first kappa shape index (κ1) is 18.7. The van der Waals surface area contributed by atoms with Crippen LogP contribution in [0.1, 0.15) is 56.9 Å². The number of aryl methyl sites for hydroxylation is 1. The highest BCUT2D eigenvalue weighted by molar-refractivity contribution is 5.76. The standard InChI is InChI=1S/C20H30N4O2/c25-19(22-13-12-21-16-7-3-1-2-4-8-16)9-5-6-15-10-11-17-18(14-15)24-20(26)23-17/h10-11,14,16,21H,1-9,12-13H2,(H,22,25)(H2,23,24,26). The molecule has 142 valence electrons. The molecule has 1 heterocycles. The van der Waals surface area contributed by atoms with Gasteiger partial charge in [0.1, 0.15) is 0 Å². The van der Waals surface area contributed by atoms with Gasteiger partial charge in [-0.1, -0.05) is 31.7 Å². The number of imidazole rings is 1. The predicted octanol–water partition coefficient (Wildman–Crippen LogP) is 2.61. The van der Waals surface area contributed by atoms with Crippen LogP contribution in [0.2, 0.25) is 0 Å². The van der Waals surface area contributed by atoms with Crippen molar-refractivity contribution < 1.29 is 4.79 Å². The van der Waals surface area contributed by atoms with Crippen molar-refractivity contribution in [1.82, 2.24) is 20.6 Å². The lowest BCUT2D eigenvalue weighted by molar-refractivity contribution is -0.121. The Hall–Kier alpha value is -2.08. The number of aromatic amines is 2.